The molecule has 2 heterocycles. The molecule has 0 aliphatic carbocycles. The Bertz CT molecular complexity index is 947. The number of rotatable bonds is 4. The van der Waals surface area contributed by atoms with Gasteiger partial charge in [0.1, 0.15) is 11.5 Å². The lowest BCUT2D eigenvalue weighted by molar-refractivity contribution is -0.135. The van der Waals surface area contributed by atoms with E-state index in [4.69, 9.17) is 23.4 Å². The number of hydrogen-bond donors (Lipinski definition) is 0. The summed E-state index contributed by atoms with van der Waals surface area (Å²) in [6, 6.07) is 4.68. The van der Waals surface area contributed by atoms with Crippen LogP contribution in [0.15, 0.2) is 27.4 Å². The van der Waals surface area contributed by atoms with Gasteiger partial charge in [-0.2, -0.15) is 0 Å². The van der Waals surface area contributed by atoms with Crippen LogP contribution in [-0.4, -0.2) is 26.2 Å². The molecule has 0 spiro atoms. The van der Waals surface area contributed by atoms with Crippen LogP contribution < -0.4 is 24.6 Å². The molecule has 8 nitrogen and oxygen atoms in total. The van der Waals surface area contributed by atoms with Crippen molar-refractivity contribution in [3.05, 3.63) is 45.5 Å². The van der Waals surface area contributed by atoms with Crippen molar-refractivity contribution in [3.63, 3.8) is 0 Å². The minimum atomic E-state index is -0.618. The Morgan fingerprint density at radius 3 is 2.30 bits per heavy atom. The van der Waals surface area contributed by atoms with E-state index < -0.39 is 23.5 Å². The SMILES string of the molecule is COc1cc(C2CC(=O)Oc3cc(C)oc(=O)c32)cc(OC)c1OC(C)=O. The van der Waals surface area contributed by atoms with Crippen molar-refractivity contribution in [2.75, 3.05) is 14.2 Å². The molecule has 3 rings (SSSR count). The van der Waals surface area contributed by atoms with E-state index >= 15 is 0 Å². The number of fused-ring (bicyclic) bond motifs is 1. The molecular formula is C19H18O8. The maximum Gasteiger partial charge on any atom is 0.343 e. The first-order valence-corrected chi connectivity index (χ1v) is 8.13. The van der Waals surface area contributed by atoms with Crippen LogP contribution >= 0.6 is 0 Å². The number of hydrogen-bond acceptors (Lipinski definition) is 8. The molecular weight excluding hydrogens is 356 g/mol. The predicted octanol–water partition coefficient (Wildman–Crippen LogP) is 2.33. The summed E-state index contributed by atoms with van der Waals surface area (Å²) in [5, 5.41) is 0. The van der Waals surface area contributed by atoms with Gasteiger partial charge in [-0.25, -0.2) is 4.79 Å². The fourth-order valence-corrected chi connectivity index (χ4v) is 3.06. The normalized spacial score (nSPS) is 15.6. The van der Waals surface area contributed by atoms with Gasteiger partial charge in [0.15, 0.2) is 11.5 Å². The molecule has 1 aromatic heterocycles. The molecule has 0 fully saturated rings. The average molecular weight is 374 g/mol. The highest BCUT2D eigenvalue weighted by molar-refractivity contribution is 5.78. The minimum Gasteiger partial charge on any atom is -0.493 e. The Balaban J connectivity index is 2.19. The molecule has 1 unspecified atom stereocenters. The number of esters is 2. The van der Waals surface area contributed by atoms with Gasteiger partial charge in [-0.1, -0.05) is 0 Å². The van der Waals surface area contributed by atoms with Gasteiger partial charge < -0.3 is 23.4 Å². The number of ether oxygens (including phenoxy) is 4. The zero-order chi connectivity index (χ0) is 19.7. The Labute approximate surface area is 154 Å². The van der Waals surface area contributed by atoms with Crippen molar-refractivity contribution in [2.24, 2.45) is 0 Å². The van der Waals surface area contributed by atoms with E-state index in [-0.39, 0.29) is 35.0 Å². The van der Waals surface area contributed by atoms with E-state index in [1.807, 2.05) is 0 Å². The standard InChI is InChI=1S/C19H18O8/c1-9-5-13-17(19(22)25-9)12(8-16(21)27-13)11-6-14(23-3)18(26-10(2)20)15(7-11)24-4/h5-7,12H,8H2,1-4H3. The van der Waals surface area contributed by atoms with E-state index in [1.54, 1.807) is 19.1 Å². The molecule has 0 bridgehead atoms. The van der Waals surface area contributed by atoms with Gasteiger partial charge in [0, 0.05) is 18.9 Å². The molecule has 0 saturated heterocycles. The van der Waals surface area contributed by atoms with Crippen LogP contribution in [0, 0.1) is 6.92 Å². The molecule has 142 valence electrons. The van der Waals surface area contributed by atoms with E-state index in [1.165, 1.54) is 27.2 Å². The second kappa shape index (κ2) is 7.14. The van der Waals surface area contributed by atoms with E-state index in [0.717, 1.165) is 0 Å². The average Bonchev–Trinajstić information content (AvgIpc) is 2.59. The van der Waals surface area contributed by atoms with Crippen LogP contribution in [0.1, 0.15) is 36.1 Å². The molecule has 2 aromatic rings. The van der Waals surface area contributed by atoms with Crippen LogP contribution in [0.25, 0.3) is 0 Å². The zero-order valence-corrected chi connectivity index (χ0v) is 15.3. The van der Waals surface area contributed by atoms with Gasteiger partial charge in [0.25, 0.3) is 0 Å². The highest BCUT2D eigenvalue weighted by Gasteiger charge is 2.33. The van der Waals surface area contributed by atoms with E-state index in [2.05, 4.69) is 0 Å². The predicted molar refractivity (Wildman–Crippen MR) is 92.7 cm³/mol. The van der Waals surface area contributed by atoms with E-state index in [0.29, 0.717) is 11.3 Å². The van der Waals surface area contributed by atoms with Gasteiger partial charge >= 0.3 is 17.6 Å². The summed E-state index contributed by atoms with van der Waals surface area (Å²) in [6.07, 6.45) is -0.0555. The van der Waals surface area contributed by atoms with Gasteiger partial charge in [0.05, 0.1) is 26.2 Å². The number of carbonyl (C=O) groups is 2. The molecule has 0 saturated carbocycles. The number of carbonyl (C=O) groups excluding carboxylic acids is 2. The van der Waals surface area contributed by atoms with Crippen molar-refractivity contribution < 1.29 is 33.0 Å². The Hall–Kier alpha value is -3.29. The van der Waals surface area contributed by atoms with Gasteiger partial charge in [-0.15, -0.1) is 0 Å². The molecule has 1 aliphatic rings. The monoisotopic (exact) mass is 374 g/mol. The van der Waals surface area contributed by atoms with Crippen molar-refractivity contribution >= 4 is 11.9 Å². The molecule has 1 atom stereocenters. The van der Waals surface area contributed by atoms with Crippen LogP contribution in [0.2, 0.25) is 0 Å². The lowest BCUT2D eigenvalue weighted by Gasteiger charge is -2.24. The summed E-state index contributed by atoms with van der Waals surface area (Å²) in [5.41, 5.74) is 0.225. The fraction of sp³-hybridized carbons (Fsp3) is 0.316. The summed E-state index contributed by atoms with van der Waals surface area (Å²) in [6.45, 7) is 2.85. The highest BCUT2D eigenvalue weighted by atomic mass is 16.6. The van der Waals surface area contributed by atoms with Crippen LogP contribution in [-0.2, 0) is 9.59 Å². The van der Waals surface area contributed by atoms with Crippen LogP contribution in [0.4, 0.5) is 0 Å². The molecule has 1 aromatic carbocycles. The molecule has 27 heavy (non-hydrogen) atoms. The summed E-state index contributed by atoms with van der Waals surface area (Å²) in [5.74, 6) is -0.535. The number of aryl methyl sites for hydroxylation is 1. The summed E-state index contributed by atoms with van der Waals surface area (Å²) in [4.78, 5) is 35.8. The Kier molecular flexibility index (Phi) is 4.89. The molecule has 0 radical (unpaired) electrons. The lowest BCUT2D eigenvalue weighted by Crippen LogP contribution is -2.26. The first kappa shape index (κ1) is 18.5. The van der Waals surface area contributed by atoms with Crippen molar-refractivity contribution in [1.82, 2.24) is 0 Å². The van der Waals surface area contributed by atoms with Crippen LogP contribution in [0.3, 0.4) is 0 Å². The van der Waals surface area contributed by atoms with Crippen molar-refractivity contribution in [3.8, 4) is 23.0 Å². The highest BCUT2D eigenvalue weighted by Crippen LogP contribution is 2.44. The first-order chi connectivity index (χ1) is 12.8. The summed E-state index contributed by atoms with van der Waals surface area (Å²) in [7, 11) is 2.82. The minimum absolute atomic E-state index is 0.0555. The number of methoxy groups -OCH3 is 2. The van der Waals surface area contributed by atoms with Crippen molar-refractivity contribution in [1.29, 1.82) is 0 Å². The molecule has 0 N–H and O–H groups in total. The third kappa shape index (κ3) is 3.51. The Morgan fingerprint density at radius 1 is 1.11 bits per heavy atom. The third-order valence-electron chi connectivity index (χ3n) is 4.15. The molecule has 1 aliphatic heterocycles. The number of benzene rings is 1. The van der Waals surface area contributed by atoms with Gasteiger partial charge in [-0.3, -0.25) is 9.59 Å². The largest absolute Gasteiger partial charge is 0.493 e. The topological polar surface area (TPSA) is 101 Å². The summed E-state index contributed by atoms with van der Waals surface area (Å²) < 4.78 is 26.2. The quantitative estimate of drug-likeness (QED) is 0.594. The van der Waals surface area contributed by atoms with Crippen molar-refractivity contribution in [2.45, 2.75) is 26.2 Å². The third-order valence-corrected chi connectivity index (χ3v) is 4.15. The fourth-order valence-electron chi connectivity index (χ4n) is 3.06. The maximum absolute atomic E-state index is 12.4. The maximum atomic E-state index is 12.4. The Morgan fingerprint density at radius 2 is 1.74 bits per heavy atom. The molecule has 0 amide bonds. The summed E-state index contributed by atoms with van der Waals surface area (Å²) >= 11 is 0. The zero-order valence-electron chi connectivity index (χ0n) is 15.3. The van der Waals surface area contributed by atoms with Gasteiger partial charge in [-0.05, 0) is 24.6 Å². The van der Waals surface area contributed by atoms with Gasteiger partial charge in [0.2, 0.25) is 5.75 Å². The second-order valence-electron chi connectivity index (χ2n) is 6.00. The second-order valence-corrected chi connectivity index (χ2v) is 6.00. The molecule has 8 heteroatoms. The smallest absolute Gasteiger partial charge is 0.343 e. The first-order valence-electron chi connectivity index (χ1n) is 8.13. The van der Waals surface area contributed by atoms with Crippen LogP contribution in [0.5, 0.6) is 23.0 Å². The lowest BCUT2D eigenvalue weighted by atomic mass is 9.87. The van der Waals surface area contributed by atoms with E-state index in [9.17, 15) is 14.4 Å².